The SMILES string of the molecule is NCC1c2ccccc2CCN1CCN1CCCCC1. The van der Waals surface area contributed by atoms with Crippen LogP contribution in [-0.4, -0.2) is 49.1 Å². The fraction of sp³-hybridized carbons (Fsp3) is 0.647. The number of hydrogen-bond acceptors (Lipinski definition) is 3. The van der Waals surface area contributed by atoms with Crippen LogP contribution in [0.2, 0.25) is 0 Å². The Balaban J connectivity index is 1.62. The highest BCUT2D eigenvalue weighted by Gasteiger charge is 2.26. The molecule has 1 fully saturated rings. The Morgan fingerprint density at radius 3 is 2.60 bits per heavy atom. The molecule has 0 spiro atoms. The van der Waals surface area contributed by atoms with E-state index in [0.717, 1.165) is 19.6 Å². The maximum Gasteiger partial charge on any atom is 0.0473 e. The fourth-order valence-corrected chi connectivity index (χ4v) is 3.70. The molecular formula is C17H27N3. The van der Waals surface area contributed by atoms with E-state index in [4.69, 9.17) is 5.73 Å². The molecule has 2 aliphatic heterocycles. The fourth-order valence-electron chi connectivity index (χ4n) is 3.70. The van der Waals surface area contributed by atoms with Gasteiger partial charge in [-0.2, -0.15) is 0 Å². The maximum atomic E-state index is 6.06. The Bertz CT molecular complexity index is 426. The lowest BCUT2D eigenvalue weighted by atomic mass is 9.92. The van der Waals surface area contributed by atoms with Crippen LogP contribution >= 0.6 is 0 Å². The van der Waals surface area contributed by atoms with E-state index >= 15 is 0 Å². The van der Waals surface area contributed by atoms with Gasteiger partial charge in [-0.15, -0.1) is 0 Å². The van der Waals surface area contributed by atoms with Gasteiger partial charge in [0, 0.05) is 32.2 Å². The normalized spacial score (nSPS) is 24.6. The summed E-state index contributed by atoms with van der Waals surface area (Å²) < 4.78 is 0. The van der Waals surface area contributed by atoms with Gasteiger partial charge in [0.1, 0.15) is 0 Å². The van der Waals surface area contributed by atoms with Crippen molar-refractivity contribution in [2.24, 2.45) is 5.73 Å². The van der Waals surface area contributed by atoms with Crippen LogP contribution in [0.4, 0.5) is 0 Å². The molecule has 1 aromatic carbocycles. The van der Waals surface area contributed by atoms with E-state index in [2.05, 4.69) is 34.1 Å². The second-order valence-electron chi connectivity index (χ2n) is 6.14. The summed E-state index contributed by atoms with van der Waals surface area (Å²) in [5, 5.41) is 0. The van der Waals surface area contributed by atoms with E-state index < -0.39 is 0 Å². The average Bonchev–Trinajstić information content (AvgIpc) is 2.53. The van der Waals surface area contributed by atoms with Crippen LogP contribution in [0.15, 0.2) is 24.3 Å². The standard InChI is InChI=1S/C17H27N3/c18-14-17-16-7-3-2-6-15(16)8-11-20(17)13-12-19-9-4-1-5-10-19/h2-3,6-7,17H,1,4-5,8-14,18H2. The number of nitrogens with zero attached hydrogens (tertiary/aromatic N) is 2. The number of fused-ring (bicyclic) bond motifs is 1. The van der Waals surface area contributed by atoms with E-state index in [1.54, 1.807) is 0 Å². The summed E-state index contributed by atoms with van der Waals surface area (Å²) in [7, 11) is 0. The third kappa shape index (κ3) is 3.05. The van der Waals surface area contributed by atoms with E-state index in [0.29, 0.717) is 6.04 Å². The van der Waals surface area contributed by atoms with Gasteiger partial charge in [-0.1, -0.05) is 30.7 Å². The third-order valence-corrected chi connectivity index (χ3v) is 4.90. The molecule has 3 rings (SSSR count). The summed E-state index contributed by atoms with van der Waals surface area (Å²) in [4.78, 5) is 5.22. The van der Waals surface area contributed by atoms with Gasteiger partial charge in [0.15, 0.2) is 0 Å². The predicted molar refractivity (Wildman–Crippen MR) is 83.8 cm³/mol. The summed E-state index contributed by atoms with van der Waals surface area (Å²) in [5.41, 5.74) is 9.02. The molecule has 0 saturated carbocycles. The number of piperidine rings is 1. The topological polar surface area (TPSA) is 32.5 Å². The first kappa shape index (κ1) is 14.1. The van der Waals surface area contributed by atoms with Crippen molar-refractivity contribution in [2.75, 3.05) is 39.3 Å². The smallest absolute Gasteiger partial charge is 0.0473 e. The molecule has 2 N–H and O–H groups in total. The van der Waals surface area contributed by atoms with Gasteiger partial charge in [0.25, 0.3) is 0 Å². The molecule has 0 bridgehead atoms. The highest BCUT2D eigenvalue weighted by molar-refractivity contribution is 5.32. The lowest BCUT2D eigenvalue weighted by Gasteiger charge is -2.38. The number of benzene rings is 1. The van der Waals surface area contributed by atoms with E-state index in [-0.39, 0.29) is 0 Å². The van der Waals surface area contributed by atoms with Crippen molar-refractivity contribution in [1.29, 1.82) is 0 Å². The summed E-state index contributed by atoms with van der Waals surface area (Å²) in [6.45, 7) is 6.84. The van der Waals surface area contributed by atoms with Gasteiger partial charge < -0.3 is 10.6 Å². The summed E-state index contributed by atoms with van der Waals surface area (Å²) in [6.07, 6.45) is 5.35. The lowest BCUT2D eigenvalue weighted by Crippen LogP contribution is -2.44. The molecule has 3 nitrogen and oxygen atoms in total. The molecule has 2 aliphatic rings. The van der Waals surface area contributed by atoms with E-state index in [1.165, 1.54) is 56.4 Å². The molecule has 0 aromatic heterocycles. The van der Waals surface area contributed by atoms with Crippen molar-refractivity contribution >= 4 is 0 Å². The Morgan fingerprint density at radius 2 is 1.80 bits per heavy atom. The first-order chi connectivity index (χ1) is 9.88. The Hall–Kier alpha value is -0.900. The molecule has 0 radical (unpaired) electrons. The second-order valence-corrected chi connectivity index (χ2v) is 6.14. The molecular weight excluding hydrogens is 246 g/mol. The van der Waals surface area contributed by atoms with Crippen molar-refractivity contribution in [2.45, 2.75) is 31.7 Å². The average molecular weight is 273 g/mol. The van der Waals surface area contributed by atoms with Crippen molar-refractivity contribution < 1.29 is 0 Å². The molecule has 1 saturated heterocycles. The zero-order valence-electron chi connectivity index (χ0n) is 12.4. The third-order valence-electron chi connectivity index (χ3n) is 4.90. The van der Waals surface area contributed by atoms with E-state index in [9.17, 15) is 0 Å². The minimum Gasteiger partial charge on any atom is -0.329 e. The molecule has 2 heterocycles. The number of rotatable bonds is 4. The molecule has 110 valence electrons. The van der Waals surface area contributed by atoms with Crippen LogP contribution in [0.5, 0.6) is 0 Å². The first-order valence-corrected chi connectivity index (χ1v) is 8.13. The van der Waals surface area contributed by atoms with Crippen molar-refractivity contribution in [3.05, 3.63) is 35.4 Å². The van der Waals surface area contributed by atoms with Gasteiger partial charge in [0.05, 0.1) is 0 Å². The zero-order valence-corrected chi connectivity index (χ0v) is 12.4. The first-order valence-electron chi connectivity index (χ1n) is 8.13. The molecule has 0 amide bonds. The summed E-state index contributed by atoms with van der Waals surface area (Å²) >= 11 is 0. The molecule has 0 aliphatic carbocycles. The largest absolute Gasteiger partial charge is 0.329 e. The van der Waals surface area contributed by atoms with Crippen LogP contribution in [0, 0.1) is 0 Å². The molecule has 1 atom stereocenters. The minimum atomic E-state index is 0.421. The van der Waals surface area contributed by atoms with Crippen LogP contribution in [0.3, 0.4) is 0 Å². The summed E-state index contributed by atoms with van der Waals surface area (Å²) in [6, 6.07) is 9.25. The van der Waals surface area contributed by atoms with Gasteiger partial charge in [0.2, 0.25) is 0 Å². The van der Waals surface area contributed by atoms with Gasteiger partial charge in [-0.25, -0.2) is 0 Å². The van der Waals surface area contributed by atoms with Gasteiger partial charge in [-0.3, -0.25) is 4.90 Å². The van der Waals surface area contributed by atoms with Crippen molar-refractivity contribution in [3.63, 3.8) is 0 Å². The van der Waals surface area contributed by atoms with Gasteiger partial charge >= 0.3 is 0 Å². The number of likely N-dealkylation sites (tertiary alicyclic amines) is 1. The molecule has 1 aromatic rings. The van der Waals surface area contributed by atoms with Crippen LogP contribution < -0.4 is 5.73 Å². The number of nitrogens with two attached hydrogens (primary N) is 1. The van der Waals surface area contributed by atoms with Crippen LogP contribution in [-0.2, 0) is 6.42 Å². The zero-order chi connectivity index (χ0) is 13.8. The number of hydrogen-bond donors (Lipinski definition) is 1. The van der Waals surface area contributed by atoms with E-state index in [1.807, 2.05) is 0 Å². The quantitative estimate of drug-likeness (QED) is 0.911. The molecule has 3 heteroatoms. The molecule has 1 unspecified atom stereocenters. The lowest BCUT2D eigenvalue weighted by molar-refractivity contribution is 0.143. The predicted octanol–water partition coefficient (Wildman–Crippen LogP) is 2.03. The minimum absolute atomic E-state index is 0.421. The molecule has 20 heavy (non-hydrogen) atoms. The van der Waals surface area contributed by atoms with Crippen LogP contribution in [0.1, 0.15) is 36.4 Å². The Labute approximate surface area is 122 Å². The Morgan fingerprint density at radius 1 is 1.00 bits per heavy atom. The highest BCUT2D eigenvalue weighted by atomic mass is 15.2. The highest BCUT2D eigenvalue weighted by Crippen LogP contribution is 2.28. The Kier molecular flexibility index (Phi) is 4.71. The van der Waals surface area contributed by atoms with Crippen molar-refractivity contribution in [1.82, 2.24) is 9.80 Å². The summed E-state index contributed by atoms with van der Waals surface area (Å²) in [5.74, 6) is 0. The maximum absolute atomic E-state index is 6.06. The van der Waals surface area contributed by atoms with Crippen molar-refractivity contribution in [3.8, 4) is 0 Å². The monoisotopic (exact) mass is 273 g/mol. The van der Waals surface area contributed by atoms with Gasteiger partial charge in [-0.05, 0) is 43.5 Å². The second kappa shape index (κ2) is 6.70. The van der Waals surface area contributed by atoms with Crippen LogP contribution in [0.25, 0.3) is 0 Å².